The predicted octanol–water partition coefficient (Wildman–Crippen LogP) is 2.21. The molecule has 0 aromatic carbocycles. The van der Waals surface area contributed by atoms with Crippen molar-refractivity contribution < 1.29 is 18.0 Å². The smallest absolute Gasteiger partial charge is 0.292 e. The normalized spacial score (nSPS) is 12.0. The third kappa shape index (κ3) is 12.1. The quantitative estimate of drug-likeness (QED) is 0.522. The van der Waals surface area contributed by atoms with Crippen molar-refractivity contribution in [3.05, 3.63) is 0 Å². The van der Waals surface area contributed by atoms with Crippen LogP contribution in [0.25, 0.3) is 0 Å². The first-order chi connectivity index (χ1) is 6.06. The molecule has 0 radical (unpaired) electrons. The molecule has 0 saturated heterocycles. The number of hydroxylamine groups is 1. The Morgan fingerprint density at radius 3 is 2.62 bits per heavy atom. The minimum absolute atomic E-state index is 0.461. The van der Waals surface area contributed by atoms with Gasteiger partial charge in [0.2, 0.25) is 0 Å². The molecule has 13 heavy (non-hydrogen) atoms. The highest BCUT2D eigenvalue weighted by molar-refractivity contribution is 7.99. The highest BCUT2D eigenvalue weighted by Crippen LogP contribution is 2.13. The Morgan fingerprint density at radius 2 is 2.08 bits per heavy atom. The summed E-state index contributed by atoms with van der Waals surface area (Å²) in [6.07, 6.45) is -3.43. The molecule has 0 aromatic heterocycles. The van der Waals surface area contributed by atoms with Crippen LogP contribution in [0.3, 0.4) is 0 Å². The number of hydrogen-bond acceptors (Lipinski definition) is 3. The maximum absolute atomic E-state index is 11.5. The molecule has 0 amide bonds. The minimum Gasteiger partial charge on any atom is -0.292 e. The van der Waals surface area contributed by atoms with Crippen LogP contribution in [-0.4, -0.2) is 30.8 Å². The fraction of sp³-hybridized carbons (Fsp3) is 1.00. The summed E-state index contributed by atoms with van der Waals surface area (Å²) in [4.78, 5) is 4.19. The van der Waals surface area contributed by atoms with Crippen LogP contribution in [0.4, 0.5) is 13.2 Å². The summed E-state index contributed by atoms with van der Waals surface area (Å²) >= 11 is 1.75. The number of rotatable bonds is 7. The summed E-state index contributed by atoms with van der Waals surface area (Å²) in [5.74, 6) is 1.97. The van der Waals surface area contributed by atoms with Crippen molar-refractivity contribution in [2.45, 2.75) is 19.5 Å². The van der Waals surface area contributed by atoms with Gasteiger partial charge in [-0.15, -0.1) is 0 Å². The summed E-state index contributed by atoms with van der Waals surface area (Å²) in [5, 5.41) is 0. The molecule has 0 rings (SSSR count). The lowest BCUT2D eigenvalue weighted by atomic mass is 10.5. The molecule has 0 aliphatic heterocycles. The number of alkyl halides is 3. The van der Waals surface area contributed by atoms with E-state index in [4.69, 9.17) is 0 Å². The van der Waals surface area contributed by atoms with Crippen molar-refractivity contribution in [1.82, 2.24) is 5.48 Å². The van der Waals surface area contributed by atoms with E-state index in [2.05, 4.69) is 10.3 Å². The molecule has 0 bridgehead atoms. The van der Waals surface area contributed by atoms with Crippen LogP contribution < -0.4 is 5.48 Å². The molecule has 0 aliphatic carbocycles. The Bertz CT molecular complexity index is 121. The molecule has 0 atom stereocenters. The first-order valence-electron chi connectivity index (χ1n) is 4.05. The molecule has 0 saturated carbocycles. The molecular formula is C7H14F3NOS. The standard InChI is InChI=1S/C7H14F3NOS/c1-2-13-5-3-4-11-12-6-7(8,9)10/h11H,2-6H2,1H3. The Morgan fingerprint density at radius 1 is 1.38 bits per heavy atom. The van der Waals surface area contributed by atoms with Gasteiger partial charge < -0.3 is 0 Å². The van der Waals surface area contributed by atoms with Crippen LogP contribution in [-0.2, 0) is 4.84 Å². The second-order valence-electron chi connectivity index (χ2n) is 2.35. The lowest BCUT2D eigenvalue weighted by molar-refractivity contribution is -0.189. The number of hydrogen-bond donors (Lipinski definition) is 1. The first kappa shape index (κ1) is 13.1. The zero-order chi connectivity index (χ0) is 10.2. The van der Waals surface area contributed by atoms with Gasteiger partial charge in [0.25, 0.3) is 0 Å². The number of nitrogens with one attached hydrogen (secondary N) is 1. The van der Waals surface area contributed by atoms with Crippen LogP contribution in [0.5, 0.6) is 0 Å². The van der Waals surface area contributed by atoms with E-state index in [1.165, 1.54) is 0 Å². The van der Waals surface area contributed by atoms with Gasteiger partial charge in [-0.05, 0) is 17.9 Å². The molecule has 0 aliphatic rings. The topological polar surface area (TPSA) is 21.3 Å². The number of thioether (sulfide) groups is 1. The maximum atomic E-state index is 11.5. The van der Waals surface area contributed by atoms with Crippen molar-refractivity contribution in [2.75, 3.05) is 24.7 Å². The van der Waals surface area contributed by atoms with Crippen molar-refractivity contribution in [1.29, 1.82) is 0 Å². The zero-order valence-electron chi connectivity index (χ0n) is 7.49. The SMILES string of the molecule is CCSCCCNOCC(F)(F)F. The van der Waals surface area contributed by atoms with E-state index in [9.17, 15) is 13.2 Å². The Balaban J connectivity index is 3.00. The third-order valence-electron chi connectivity index (χ3n) is 1.11. The predicted molar refractivity (Wildman–Crippen MR) is 47.6 cm³/mol. The Labute approximate surface area is 80.2 Å². The Kier molecular flexibility index (Phi) is 7.50. The molecule has 1 N–H and O–H groups in total. The van der Waals surface area contributed by atoms with Crippen molar-refractivity contribution >= 4 is 11.8 Å². The fourth-order valence-electron chi connectivity index (χ4n) is 0.596. The second-order valence-corrected chi connectivity index (χ2v) is 3.74. The van der Waals surface area contributed by atoms with Gasteiger partial charge >= 0.3 is 6.18 Å². The van der Waals surface area contributed by atoms with E-state index < -0.39 is 12.8 Å². The van der Waals surface area contributed by atoms with Gasteiger partial charge in [-0.25, -0.2) is 5.48 Å². The van der Waals surface area contributed by atoms with Gasteiger partial charge in [-0.3, -0.25) is 4.84 Å². The molecule has 0 fully saturated rings. The number of halogens is 3. The summed E-state index contributed by atoms with van der Waals surface area (Å²) in [6.45, 7) is 1.27. The minimum atomic E-state index is -4.24. The molecular weight excluding hydrogens is 203 g/mol. The van der Waals surface area contributed by atoms with Crippen LogP contribution in [0.1, 0.15) is 13.3 Å². The zero-order valence-corrected chi connectivity index (χ0v) is 8.30. The molecule has 0 heterocycles. The van der Waals surface area contributed by atoms with Crippen molar-refractivity contribution in [3.8, 4) is 0 Å². The van der Waals surface area contributed by atoms with Crippen molar-refractivity contribution in [3.63, 3.8) is 0 Å². The molecule has 0 unspecified atom stereocenters. The molecule has 2 nitrogen and oxygen atoms in total. The van der Waals surface area contributed by atoms with Crippen LogP contribution in [0, 0.1) is 0 Å². The summed E-state index contributed by atoms with van der Waals surface area (Å²) in [6, 6.07) is 0. The van der Waals surface area contributed by atoms with Crippen LogP contribution in [0.15, 0.2) is 0 Å². The van der Waals surface area contributed by atoms with Gasteiger partial charge in [0, 0.05) is 6.54 Å². The lowest BCUT2D eigenvalue weighted by Gasteiger charge is -2.07. The van der Waals surface area contributed by atoms with Gasteiger partial charge in [0.1, 0.15) is 0 Å². The summed E-state index contributed by atoms with van der Waals surface area (Å²) in [7, 11) is 0. The van der Waals surface area contributed by atoms with E-state index in [-0.39, 0.29) is 0 Å². The molecule has 0 aromatic rings. The van der Waals surface area contributed by atoms with E-state index in [1.807, 2.05) is 6.92 Å². The summed E-state index contributed by atoms with van der Waals surface area (Å²) in [5.41, 5.74) is 2.27. The van der Waals surface area contributed by atoms with Gasteiger partial charge in [0.05, 0.1) is 0 Å². The fourth-order valence-corrected chi connectivity index (χ4v) is 1.23. The lowest BCUT2D eigenvalue weighted by Crippen LogP contribution is -2.25. The highest BCUT2D eigenvalue weighted by Gasteiger charge is 2.27. The van der Waals surface area contributed by atoms with Crippen LogP contribution in [0.2, 0.25) is 0 Å². The van der Waals surface area contributed by atoms with Crippen LogP contribution >= 0.6 is 11.8 Å². The van der Waals surface area contributed by atoms with E-state index in [0.717, 1.165) is 17.9 Å². The van der Waals surface area contributed by atoms with Gasteiger partial charge in [0.15, 0.2) is 6.61 Å². The van der Waals surface area contributed by atoms with Gasteiger partial charge in [-0.2, -0.15) is 24.9 Å². The van der Waals surface area contributed by atoms with E-state index >= 15 is 0 Å². The van der Waals surface area contributed by atoms with E-state index in [0.29, 0.717) is 6.54 Å². The second kappa shape index (κ2) is 7.46. The highest BCUT2D eigenvalue weighted by atomic mass is 32.2. The average molecular weight is 217 g/mol. The molecule has 0 spiro atoms. The van der Waals surface area contributed by atoms with E-state index in [1.54, 1.807) is 11.8 Å². The first-order valence-corrected chi connectivity index (χ1v) is 5.21. The Hall–Kier alpha value is 0.0600. The largest absolute Gasteiger partial charge is 0.413 e. The molecule has 6 heteroatoms. The van der Waals surface area contributed by atoms with Gasteiger partial charge in [-0.1, -0.05) is 6.92 Å². The monoisotopic (exact) mass is 217 g/mol. The average Bonchev–Trinajstić information content (AvgIpc) is 2.01. The molecule has 80 valence electrons. The summed E-state index contributed by atoms with van der Waals surface area (Å²) < 4.78 is 34.5. The van der Waals surface area contributed by atoms with Crippen molar-refractivity contribution in [2.24, 2.45) is 0 Å². The third-order valence-corrected chi connectivity index (χ3v) is 2.10. The maximum Gasteiger partial charge on any atom is 0.413 e.